The van der Waals surface area contributed by atoms with Crippen molar-refractivity contribution in [1.29, 1.82) is 0 Å². The molecule has 1 aliphatic rings. The van der Waals surface area contributed by atoms with Gasteiger partial charge in [0.1, 0.15) is 6.10 Å². The predicted molar refractivity (Wildman–Crippen MR) is 97.3 cm³/mol. The van der Waals surface area contributed by atoms with Crippen LogP contribution in [-0.4, -0.2) is 66.3 Å². The van der Waals surface area contributed by atoms with Crippen molar-refractivity contribution in [3.8, 4) is 0 Å². The molecule has 1 saturated heterocycles. The number of aliphatic hydroxyl groups is 1. The van der Waals surface area contributed by atoms with Crippen LogP contribution in [0.1, 0.15) is 66.7 Å². The van der Waals surface area contributed by atoms with Crippen LogP contribution < -0.4 is 0 Å². The Morgan fingerprint density at radius 2 is 1.88 bits per heavy atom. The van der Waals surface area contributed by atoms with Gasteiger partial charge in [-0.1, -0.05) is 20.8 Å². The van der Waals surface area contributed by atoms with Gasteiger partial charge in [-0.25, -0.2) is 0 Å². The molecule has 25 heavy (non-hydrogen) atoms. The van der Waals surface area contributed by atoms with Crippen LogP contribution >= 0.6 is 0 Å². The van der Waals surface area contributed by atoms with Crippen LogP contribution in [0.5, 0.6) is 0 Å². The van der Waals surface area contributed by atoms with Crippen molar-refractivity contribution >= 4 is 5.97 Å². The molecule has 0 amide bonds. The van der Waals surface area contributed by atoms with Crippen molar-refractivity contribution in [3.63, 3.8) is 0 Å². The van der Waals surface area contributed by atoms with E-state index in [4.69, 9.17) is 14.2 Å². The first kappa shape index (κ1) is 22.4. The fourth-order valence-electron chi connectivity index (χ4n) is 3.30. The fourth-order valence-corrected chi connectivity index (χ4v) is 3.30. The zero-order valence-corrected chi connectivity index (χ0v) is 16.6. The van der Waals surface area contributed by atoms with E-state index in [1.807, 2.05) is 13.8 Å². The van der Waals surface area contributed by atoms with Gasteiger partial charge in [-0.2, -0.15) is 0 Å². The summed E-state index contributed by atoms with van der Waals surface area (Å²) in [7, 11) is 0. The summed E-state index contributed by atoms with van der Waals surface area (Å²) in [4.78, 5) is 14.1. The molecule has 1 N–H and O–H groups in total. The Bertz CT molecular complexity index is 375. The van der Waals surface area contributed by atoms with E-state index in [0.717, 1.165) is 25.9 Å². The van der Waals surface area contributed by atoms with E-state index in [0.29, 0.717) is 25.8 Å². The first-order valence-corrected chi connectivity index (χ1v) is 9.78. The third-order valence-electron chi connectivity index (χ3n) is 4.75. The lowest BCUT2D eigenvalue weighted by atomic mass is 10.00. The van der Waals surface area contributed by atoms with Crippen molar-refractivity contribution in [2.75, 3.05) is 19.6 Å². The van der Waals surface area contributed by atoms with Gasteiger partial charge in [0.05, 0.1) is 24.7 Å². The largest absolute Gasteiger partial charge is 0.463 e. The van der Waals surface area contributed by atoms with Gasteiger partial charge in [-0.05, 0) is 39.8 Å². The average Bonchev–Trinajstić information content (AvgIpc) is 2.54. The second kappa shape index (κ2) is 11.8. The van der Waals surface area contributed by atoms with Gasteiger partial charge < -0.3 is 24.2 Å². The number of carbonyl (C=O) groups is 1. The van der Waals surface area contributed by atoms with Crippen LogP contribution in [0.3, 0.4) is 0 Å². The number of rotatable bonds is 11. The molecule has 1 heterocycles. The monoisotopic (exact) mass is 359 g/mol. The van der Waals surface area contributed by atoms with E-state index in [1.54, 1.807) is 0 Å². The van der Waals surface area contributed by atoms with Crippen LogP contribution in [0.15, 0.2) is 0 Å². The average molecular weight is 360 g/mol. The standard InChI is InChI=1S/C19H37NO5/c1-6-17-13-18(25-15(5)24-17)12-16(21)11-14(4)23-19(22)9-10-20(7-2)8-3/h14-18,21H,6-13H2,1-5H3. The van der Waals surface area contributed by atoms with Gasteiger partial charge in [-0.3, -0.25) is 4.79 Å². The highest BCUT2D eigenvalue weighted by Crippen LogP contribution is 2.24. The molecule has 0 aromatic rings. The minimum atomic E-state index is -0.543. The Balaban J connectivity index is 2.28. The summed E-state index contributed by atoms with van der Waals surface area (Å²) in [6.07, 6.45) is 2.24. The Labute approximate surface area is 152 Å². The summed E-state index contributed by atoms with van der Waals surface area (Å²) in [5.74, 6) is -0.200. The Hall–Kier alpha value is -0.690. The molecule has 5 unspecified atom stereocenters. The van der Waals surface area contributed by atoms with Crippen molar-refractivity contribution < 1.29 is 24.1 Å². The molecule has 0 radical (unpaired) electrons. The van der Waals surface area contributed by atoms with Crippen LogP contribution in [0.25, 0.3) is 0 Å². The molecule has 0 aliphatic carbocycles. The summed E-state index contributed by atoms with van der Waals surface area (Å²) >= 11 is 0. The second-order valence-electron chi connectivity index (χ2n) is 6.93. The molecular weight excluding hydrogens is 322 g/mol. The van der Waals surface area contributed by atoms with Crippen molar-refractivity contribution in [1.82, 2.24) is 4.90 Å². The third kappa shape index (κ3) is 8.99. The lowest BCUT2D eigenvalue weighted by Gasteiger charge is -2.35. The van der Waals surface area contributed by atoms with Crippen LogP contribution in [-0.2, 0) is 19.0 Å². The van der Waals surface area contributed by atoms with E-state index in [1.165, 1.54) is 0 Å². The van der Waals surface area contributed by atoms with Crippen LogP contribution in [0.4, 0.5) is 0 Å². The minimum Gasteiger partial charge on any atom is -0.463 e. The van der Waals surface area contributed by atoms with Gasteiger partial charge >= 0.3 is 5.97 Å². The van der Waals surface area contributed by atoms with Crippen LogP contribution in [0, 0.1) is 0 Å². The molecule has 1 fully saturated rings. The smallest absolute Gasteiger partial charge is 0.307 e. The lowest BCUT2D eigenvalue weighted by molar-refractivity contribution is -0.238. The van der Waals surface area contributed by atoms with E-state index in [9.17, 15) is 9.90 Å². The Kier molecular flexibility index (Phi) is 10.6. The van der Waals surface area contributed by atoms with Gasteiger partial charge in [-0.15, -0.1) is 0 Å². The number of carbonyl (C=O) groups excluding carboxylic acids is 1. The lowest BCUT2D eigenvalue weighted by Crippen LogP contribution is -2.38. The SMILES string of the molecule is CCC1CC(CC(O)CC(C)OC(=O)CCN(CC)CC)OC(C)O1. The predicted octanol–water partition coefficient (Wildman–Crippen LogP) is 2.72. The molecule has 0 saturated carbocycles. The first-order valence-electron chi connectivity index (χ1n) is 9.78. The summed E-state index contributed by atoms with van der Waals surface area (Å²) in [6, 6.07) is 0. The molecule has 0 spiro atoms. The number of ether oxygens (including phenoxy) is 3. The number of hydrogen-bond acceptors (Lipinski definition) is 6. The highest BCUT2D eigenvalue weighted by Gasteiger charge is 2.29. The molecule has 5 atom stereocenters. The number of nitrogens with zero attached hydrogens (tertiary/aromatic N) is 1. The summed E-state index contributed by atoms with van der Waals surface area (Å²) in [5.41, 5.74) is 0. The molecule has 1 rings (SSSR count). The van der Waals surface area contributed by atoms with E-state index >= 15 is 0 Å². The van der Waals surface area contributed by atoms with Gasteiger partial charge in [0.25, 0.3) is 0 Å². The quantitative estimate of drug-likeness (QED) is 0.572. The van der Waals surface area contributed by atoms with Crippen molar-refractivity contribution in [2.24, 2.45) is 0 Å². The van der Waals surface area contributed by atoms with Crippen LogP contribution in [0.2, 0.25) is 0 Å². The normalized spacial score (nSPS) is 26.4. The topological polar surface area (TPSA) is 68.2 Å². The number of aliphatic hydroxyl groups excluding tert-OH is 1. The molecule has 0 bridgehead atoms. The molecule has 6 nitrogen and oxygen atoms in total. The molecule has 1 aliphatic heterocycles. The summed E-state index contributed by atoms with van der Waals surface area (Å²) in [5, 5.41) is 10.3. The highest BCUT2D eigenvalue weighted by atomic mass is 16.7. The van der Waals surface area contributed by atoms with Gasteiger partial charge in [0, 0.05) is 19.4 Å². The van der Waals surface area contributed by atoms with E-state index in [2.05, 4.69) is 25.7 Å². The maximum atomic E-state index is 11.9. The van der Waals surface area contributed by atoms with Gasteiger partial charge in [0.2, 0.25) is 0 Å². The zero-order chi connectivity index (χ0) is 18.8. The summed E-state index contributed by atoms with van der Waals surface area (Å²) in [6.45, 7) is 12.6. The molecule has 0 aromatic carbocycles. The molecule has 6 heteroatoms. The van der Waals surface area contributed by atoms with E-state index < -0.39 is 6.10 Å². The first-order chi connectivity index (χ1) is 11.9. The minimum absolute atomic E-state index is 0.00531. The molecular formula is C19H37NO5. The highest BCUT2D eigenvalue weighted by molar-refractivity contribution is 5.69. The zero-order valence-electron chi connectivity index (χ0n) is 16.6. The third-order valence-corrected chi connectivity index (χ3v) is 4.75. The fraction of sp³-hybridized carbons (Fsp3) is 0.947. The second-order valence-corrected chi connectivity index (χ2v) is 6.93. The Morgan fingerprint density at radius 1 is 1.24 bits per heavy atom. The molecule has 148 valence electrons. The number of esters is 1. The molecule has 0 aromatic heterocycles. The maximum absolute atomic E-state index is 11.9. The summed E-state index contributed by atoms with van der Waals surface area (Å²) < 4.78 is 16.8. The van der Waals surface area contributed by atoms with Crippen molar-refractivity contribution in [2.45, 2.75) is 97.4 Å². The van der Waals surface area contributed by atoms with Crippen molar-refractivity contribution in [3.05, 3.63) is 0 Å². The van der Waals surface area contributed by atoms with Gasteiger partial charge in [0.15, 0.2) is 6.29 Å². The number of hydrogen-bond donors (Lipinski definition) is 1. The van der Waals surface area contributed by atoms with E-state index in [-0.39, 0.29) is 30.6 Å². The Morgan fingerprint density at radius 3 is 2.48 bits per heavy atom. The maximum Gasteiger partial charge on any atom is 0.307 e.